The van der Waals surface area contributed by atoms with Gasteiger partial charge < -0.3 is 5.21 Å². The van der Waals surface area contributed by atoms with Crippen molar-refractivity contribution >= 4 is 0 Å². The van der Waals surface area contributed by atoms with Gasteiger partial charge in [-0.25, -0.2) is 5.48 Å². The van der Waals surface area contributed by atoms with Crippen molar-refractivity contribution in [1.29, 1.82) is 0 Å². The van der Waals surface area contributed by atoms with Crippen molar-refractivity contribution in [2.45, 2.75) is 39.2 Å². The molecule has 1 saturated carbocycles. The molecule has 2 atom stereocenters. The van der Waals surface area contributed by atoms with Crippen LogP contribution in [-0.2, 0) is 0 Å². The summed E-state index contributed by atoms with van der Waals surface area (Å²) in [6.45, 7) is 4.50. The summed E-state index contributed by atoms with van der Waals surface area (Å²) < 4.78 is 0. The van der Waals surface area contributed by atoms with Gasteiger partial charge in [0, 0.05) is 6.04 Å². The Morgan fingerprint density at radius 2 is 1.60 bits per heavy atom. The fourth-order valence-corrected chi connectivity index (χ4v) is 2.05. The summed E-state index contributed by atoms with van der Waals surface area (Å²) in [6.07, 6.45) is 3.57. The minimum atomic E-state index is 0.346. The third kappa shape index (κ3) is 1.96. The SMILES string of the molecule is CC1CC(C)CC(NO)C1. The second-order valence-electron chi connectivity index (χ2n) is 3.74. The summed E-state index contributed by atoms with van der Waals surface area (Å²) in [4.78, 5) is 0. The second kappa shape index (κ2) is 3.35. The van der Waals surface area contributed by atoms with Gasteiger partial charge >= 0.3 is 0 Å². The first-order valence-electron chi connectivity index (χ1n) is 4.12. The number of hydrogen-bond acceptors (Lipinski definition) is 2. The Morgan fingerprint density at radius 3 is 2.00 bits per heavy atom. The van der Waals surface area contributed by atoms with Crippen molar-refractivity contribution in [2.24, 2.45) is 11.8 Å². The van der Waals surface area contributed by atoms with Crippen LogP contribution in [0.3, 0.4) is 0 Å². The van der Waals surface area contributed by atoms with E-state index in [1.807, 2.05) is 0 Å². The van der Waals surface area contributed by atoms with Gasteiger partial charge in [0.15, 0.2) is 0 Å². The van der Waals surface area contributed by atoms with Gasteiger partial charge in [0.2, 0.25) is 0 Å². The minimum Gasteiger partial charge on any atom is -0.317 e. The van der Waals surface area contributed by atoms with Crippen molar-refractivity contribution in [3.8, 4) is 0 Å². The highest BCUT2D eigenvalue weighted by atomic mass is 16.5. The molecule has 0 saturated heterocycles. The maximum absolute atomic E-state index is 8.68. The molecule has 1 fully saturated rings. The lowest BCUT2D eigenvalue weighted by molar-refractivity contribution is 0.0813. The van der Waals surface area contributed by atoms with Crippen molar-refractivity contribution < 1.29 is 5.21 Å². The summed E-state index contributed by atoms with van der Waals surface area (Å²) >= 11 is 0. The normalized spacial score (nSPS) is 41.7. The van der Waals surface area contributed by atoms with E-state index in [4.69, 9.17) is 5.21 Å². The van der Waals surface area contributed by atoms with Gasteiger partial charge in [-0.3, -0.25) is 0 Å². The molecular weight excluding hydrogens is 126 g/mol. The van der Waals surface area contributed by atoms with Crippen LogP contribution in [0.15, 0.2) is 0 Å². The first-order valence-corrected chi connectivity index (χ1v) is 4.12. The Bertz CT molecular complexity index is 95.4. The van der Waals surface area contributed by atoms with Gasteiger partial charge in [0.05, 0.1) is 0 Å². The summed E-state index contributed by atoms with van der Waals surface area (Å²) in [5.74, 6) is 1.54. The molecule has 2 N–H and O–H groups in total. The summed E-state index contributed by atoms with van der Waals surface area (Å²) in [6, 6.07) is 0.346. The van der Waals surface area contributed by atoms with Crippen molar-refractivity contribution in [3.63, 3.8) is 0 Å². The third-order valence-corrected chi connectivity index (χ3v) is 2.36. The second-order valence-corrected chi connectivity index (χ2v) is 3.74. The molecule has 0 aromatic heterocycles. The molecule has 1 rings (SSSR count). The maximum atomic E-state index is 8.68. The largest absolute Gasteiger partial charge is 0.317 e. The highest BCUT2D eigenvalue weighted by Gasteiger charge is 2.22. The zero-order valence-electron chi connectivity index (χ0n) is 6.80. The van der Waals surface area contributed by atoms with Crippen molar-refractivity contribution in [1.82, 2.24) is 5.48 Å². The summed E-state index contributed by atoms with van der Waals surface area (Å²) in [5, 5.41) is 8.68. The van der Waals surface area contributed by atoms with Crippen LogP contribution in [0.2, 0.25) is 0 Å². The Morgan fingerprint density at radius 1 is 1.10 bits per heavy atom. The van der Waals surface area contributed by atoms with Crippen LogP contribution < -0.4 is 5.48 Å². The maximum Gasteiger partial charge on any atom is 0.0324 e. The van der Waals surface area contributed by atoms with E-state index in [0.29, 0.717) is 6.04 Å². The Hall–Kier alpha value is -0.0800. The van der Waals surface area contributed by atoms with Gasteiger partial charge in [-0.05, 0) is 31.1 Å². The van der Waals surface area contributed by atoms with E-state index >= 15 is 0 Å². The summed E-state index contributed by atoms with van der Waals surface area (Å²) in [7, 11) is 0. The highest BCUT2D eigenvalue weighted by molar-refractivity contribution is 4.76. The van der Waals surface area contributed by atoms with Crippen LogP contribution >= 0.6 is 0 Å². The standard InChI is InChI=1S/C8H17NO/c1-6-3-7(2)5-8(4-6)9-10/h6-10H,3-5H2,1-2H3. The van der Waals surface area contributed by atoms with Gasteiger partial charge in [0.25, 0.3) is 0 Å². The number of nitrogens with one attached hydrogen (secondary N) is 1. The van der Waals surface area contributed by atoms with Gasteiger partial charge in [-0.15, -0.1) is 0 Å². The molecule has 2 unspecified atom stereocenters. The zero-order valence-corrected chi connectivity index (χ0v) is 6.80. The zero-order chi connectivity index (χ0) is 7.56. The molecule has 0 heterocycles. The van der Waals surface area contributed by atoms with Crippen LogP contribution in [-0.4, -0.2) is 11.2 Å². The predicted molar refractivity (Wildman–Crippen MR) is 40.9 cm³/mol. The van der Waals surface area contributed by atoms with Crippen LogP contribution in [0.5, 0.6) is 0 Å². The average Bonchev–Trinajstić information content (AvgIpc) is 1.85. The van der Waals surface area contributed by atoms with Crippen molar-refractivity contribution in [3.05, 3.63) is 0 Å². The number of hydrogen-bond donors (Lipinski definition) is 2. The first-order chi connectivity index (χ1) is 4.72. The average molecular weight is 143 g/mol. The van der Waals surface area contributed by atoms with Crippen LogP contribution in [0.4, 0.5) is 0 Å². The molecule has 0 amide bonds. The van der Waals surface area contributed by atoms with Crippen LogP contribution in [0.1, 0.15) is 33.1 Å². The molecule has 1 aliphatic rings. The lowest BCUT2D eigenvalue weighted by Crippen LogP contribution is -2.34. The molecule has 2 heteroatoms. The molecule has 10 heavy (non-hydrogen) atoms. The molecule has 2 nitrogen and oxygen atoms in total. The van der Waals surface area contributed by atoms with E-state index in [-0.39, 0.29) is 0 Å². The lowest BCUT2D eigenvalue weighted by Gasteiger charge is -2.30. The van der Waals surface area contributed by atoms with E-state index in [9.17, 15) is 0 Å². The van der Waals surface area contributed by atoms with E-state index in [1.165, 1.54) is 6.42 Å². The first kappa shape index (κ1) is 8.02. The highest BCUT2D eigenvalue weighted by Crippen LogP contribution is 2.27. The molecule has 0 bridgehead atoms. The Kier molecular flexibility index (Phi) is 2.69. The smallest absolute Gasteiger partial charge is 0.0324 e. The van der Waals surface area contributed by atoms with Crippen LogP contribution in [0, 0.1) is 11.8 Å². The van der Waals surface area contributed by atoms with Crippen molar-refractivity contribution in [2.75, 3.05) is 0 Å². The molecule has 0 radical (unpaired) electrons. The third-order valence-electron chi connectivity index (χ3n) is 2.36. The molecule has 0 aromatic carbocycles. The Balaban J connectivity index is 2.35. The minimum absolute atomic E-state index is 0.346. The van der Waals surface area contributed by atoms with Gasteiger partial charge in [-0.1, -0.05) is 13.8 Å². The monoisotopic (exact) mass is 143 g/mol. The fraction of sp³-hybridized carbons (Fsp3) is 1.00. The molecule has 60 valence electrons. The van der Waals surface area contributed by atoms with E-state index in [0.717, 1.165) is 24.7 Å². The molecule has 0 spiro atoms. The topological polar surface area (TPSA) is 32.3 Å². The molecular formula is C8H17NO. The quantitative estimate of drug-likeness (QED) is 0.548. The predicted octanol–water partition coefficient (Wildman–Crippen LogP) is 1.79. The fourth-order valence-electron chi connectivity index (χ4n) is 2.05. The van der Waals surface area contributed by atoms with Gasteiger partial charge in [-0.2, -0.15) is 0 Å². The van der Waals surface area contributed by atoms with E-state index < -0.39 is 0 Å². The van der Waals surface area contributed by atoms with Crippen LogP contribution in [0.25, 0.3) is 0 Å². The molecule has 1 aliphatic carbocycles. The lowest BCUT2D eigenvalue weighted by atomic mass is 9.81. The number of rotatable bonds is 1. The van der Waals surface area contributed by atoms with Gasteiger partial charge in [0.1, 0.15) is 0 Å². The number of hydroxylamine groups is 1. The Labute approximate surface area is 62.6 Å². The van der Waals surface area contributed by atoms with E-state index in [1.54, 1.807) is 0 Å². The molecule has 0 aliphatic heterocycles. The van der Waals surface area contributed by atoms with E-state index in [2.05, 4.69) is 19.3 Å². The summed E-state index contributed by atoms with van der Waals surface area (Å²) in [5.41, 5.74) is 2.36. The molecule has 0 aromatic rings.